The van der Waals surface area contributed by atoms with E-state index < -0.39 is 0 Å². The zero-order valence-corrected chi connectivity index (χ0v) is 11.7. The van der Waals surface area contributed by atoms with Crippen LogP contribution in [0.4, 0.5) is 0 Å². The van der Waals surface area contributed by atoms with Crippen molar-refractivity contribution in [3.8, 4) is 6.07 Å². The van der Waals surface area contributed by atoms with E-state index in [0.717, 1.165) is 20.3 Å². The summed E-state index contributed by atoms with van der Waals surface area (Å²) in [6, 6.07) is 18.6. The van der Waals surface area contributed by atoms with Crippen LogP contribution in [0.3, 0.4) is 0 Å². The van der Waals surface area contributed by atoms with Crippen LogP contribution in [-0.4, -0.2) is 0 Å². The highest BCUT2D eigenvalue weighted by atomic mass is 127. The molecule has 1 nitrogen and oxygen atoms in total. The lowest BCUT2D eigenvalue weighted by Crippen LogP contribution is -2.00. The summed E-state index contributed by atoms with van der Waals surface area (Å²) in [6.45, 7) is 2.05. The van der Waals surface area contributed by atoms with Crippen LogP contribution in [0.1, 0.15) is 22.6 Å². The van der Waals surface area contributed by atoms with Crippen LogP contribution in [0.15, 0.2) is 48.5 Å². The van der Waals surface area contributed by atoms with Crippen molar-refractivity contribution in [1.82, 2.24) is 0 Å². The molecule has 2 heteroatoms. The molecule has 0 aliphatic carbocycles. The number of rotatable bonds is 2. The first-order valence-corrected chi connectivity index (χ1v) is 6.51. The van der Waals surface area contributed by atoms with E-state index in [-0.39, 0.29) is 5.92 Å². The summed E-state index contributed by atoms with van der Waals surface area (Å²) in [5.41, 5.74) is 3.32. The van der Waals surface area contributed by atoms with Gasteiger partial charge >= 0.3 is 0 Å². The maximum absolute atomic E-state index is 9.40. The summed E-state index contributed by atoms with van der Waals surface area (Å²) in [5, 5.41) is 9.40. The molecule has 0 aliphatic heterocycles. The molecule has 0 N–H and O–H groups in total. The van der Waals surface area contributed by atoms with Gasteiger partial charge in [0.15, 0.2) is 0 Å². The highest BCUT2D eigenvalue weighted by Gasteiger charge is 2.15. The van der Waals surface area contributed by atoms with Crippen LogP contribution in [0.25, 0.3) is 0 Å². The lowest BCUT2D eigenvalue weighted by Gasteiger charge is -2.12. The zero-order chi connectivity index (χ0) is 12.3. The number of aryl methyl sites for hydroxylation is 1. The van der Waals surface area contributed by atoms with E-state index in [1.165, 1.54) is 0 Å². The van der Waals surface area contributed by atoms with Crippen molar-refractivity contribution in [2.75, 3.05) is 0 Å². The molecule has 0 fully saturated rings. The topological polar surface area (TPSA) is 23.8 Å². The summed E-state index contributed by atoms with van der Waals surface area (Å²) in [4.78, 5) is 0. The van der Waals surface area contributed by atoms with Crippen LogP contribution >= 0.6 is 22.6 Å². The van der Waals surface area contributed by atoms with E-state index >= 15 is 0 Å². The maximum atomic E-state index is 9.40. The molecule has 0 amide bonds. The van der Waals surface area contributed by atoms with E-state index in [1.807, 2.05) is 49.4 Å². The molecule has 0 radical (unpaired) electrons. The largest absolute Gasteiger partial charge is 0.197 e. The van der Waals surface area contributed by atoms with Crippen LogP contribution in [0.2, 0.25) is 0 Å². The highest BCUT2D eigenvalue weighted by Crippen LogP contribution is 2.27. The average molecular weight is 333 g/mol. The molecule has 2 rings (SSSR count). The van der Waals surface area contributed by atoms with Crippen LogP contribution in [-0.2, 0) is 0 Å². The lowest BCUT2D eigenvalue weighted by molar-refractivity contribution is 1.02. The number of nitriles is 1. The third-order valence-corrected chi connectivity index (χ3v) is 3.48. The average Bonchev–Trinajstić information content (AvgIpc) is 2.33. The second kappa shape index (κ2) is 5.33. The standard InChI is InChI=1S/C15H12IN/c1-11-5-2-3-8-14(11)15(10-17)12-6-4-7-13(16)9-12/h2-9,15H,1H3. The molecule has 0 aromatic heterocycles. The Hall–Kier alpha value is -1.34. The number of hydrogen-bond donors (Lipinski definition) is 0. The Labute approximate surface area is 115 Å². The van der Waals surface area contributed by atoms with Gasteiger partial charge in [-0.05, 0) is 58.3 Å². The van der Waals surface area contributed by atoms with Crippen molar-refractivity contribution < 1.29 is 0 Å². The Bertz CT molecular complexity index is 569. The van der Waals surface area contributed by atoms with Crippen molar-refractivity contribution in [2.45, 2.75) is 12.8 Å². The molecular formula is C15H12IN. The quantitative estimate of drug-likeness (QED) is 0.754. The third kappa shape index (κ3) is 2.67. The molecule has 0 aliphatic rings. The summed E-state index contributed by atoms with van der Waals surface area (Å²) < 4.78 is 1.16. The molecule has 1 atom stereocenters. The molecular weight excluding hydrogens is 321 g/mol. The van der Waals surface area contributed by atoms with E-state index in [0.29, 0.717) is 0 Å². The van der Waals surface area contributed by atoms with Crippen molar-refractivity contribution >= 4 is 22.6 Å². The number of halogens is 1. The van der Waals surface area contributed by atoms with Gasteiger partial charge in [-0.3, -0.25) is 0 Å². The van der Waals surface area contributed by atoms with Crippen LogP contribution in [0, 0.1) is 21.8 Å². The predicted molar refractivity (Wildman–Crippen MR) is 77.8 cm³/mol. The van der Waals surface area contributed by atoms with Crippen LogP contribution in [0.5, 0.6) is 0 Å². The van der Waals surface area contributed by atoms with Gasteiger partial charge in [-0.2, -0.15) is 5.26 Å². The van der Waals surface area contributed by atoms with Gasteiger partial charge in [0, 0.05) is 3.57 Å². The number of nitrogens with zero attached hydrogens (tertiary/aromatic N) is 1. The first-order chi connectivity index (χ1) is 8.22. The first kappa shape index (κ1) is 12.1. The molecule has 17 heavy (non-hydrogen) atoms. The highest BCUT2D eigenvalue weighted by molar-refractivity contribution is 14.1. The SMILES string of the molecule is Cc1ccccc1C(C#N)c1cccc(I)c1. The minimum absolute atomic E-state index is 0.175. The zero-order valence-electron chi connectivity index (χ0n) is 9.52. The third-order valence-electron chi connectivity index (χ3n) is 2.81. The molecule has 2 aromatic rings. The van der Waals surface area contributed by atoms with Gasteiger partial charge in [-0.25, -0.2) is 0 Å². The molecule has 0 bridgehead atoms. The van der Waals surface area contributed by atoms with E-state index in [2.05, 4.69) is 34.7 Å². The minimum atomic E-state index is -0.175. The fraction of sp³-hybridized carbons (Fsp3) is 0.133. The van der Waals surface area contributed by atoms with E-state index in [1.54, 1.807) is 0 Å². The van der Waals surface area contributed by atoms with Crippen LogP contribution < -0.4 is 0 Å². The molecule has 84 valence electrons. The summed E-state index contributed by atoms with van der Waals surface area (Å²) in [7, 11) is 0. The van der Waals surface area contributed by atoms with Crippen molar-refractivity contribution in [2.24, 2.45) is 0 Å². The molecule has 0 spiro atoms. The second-order valence-corrected chi connectivity index (χ2v) is 5.22. The molecule has 2 aromatic carbocycles. The molecule has 0 saturated heterocycles. The Balaban J connectivity index is 2.49. The smallest absolute Gasteiger partial charge is 0.0965 e. The normalized spacial score (nSPS) is 11.8. The number of benzene rings is 2. The van der Waals surface area contributed by atoms with E-state index in [4.69, 9.17) is 0 Å². The molecule has 0 saturated carbocycles. The van der Waals surface area contributed by atoms with Gasteiger partial charge in [-0.15, -0.1) is 0 Å². The van der Waals surface area contributed by atoms with Gasteiger partial charge in [0.25, 0.3) is 0 Å². The minimum Gasteiger partial charge on any atom is -0.197 e. The van der Waals surface area contributed by atoms with Crippen molar-refractivity contribution in [1.29, 1.82) is 5.26 Å². The van der Waals surface area contributed by atoms with Gasteiger partial charge in [0.05, 0.1) is 12.0 Å². The fourth-order valence-corrected chi connectivity index (χ4v) is 2.49. The summed E-state index contributed by atoms with van der Waals surface area (Å²) in [6.07, 6.45) is 0. The second-order valence-electron chi connectivity index (χ2n) is 3.97. The van der Waals surface area contributed by atoms with Gasteiger partial charge < -0.3 is 0 Å². The van der Waals surface area contributed by atoms with Gasteiger partial charge in [0.2, 0.25) is 0 Å². The van der Waals surface area contributed by atoms with Crippen molar-refractivity contribution in [3.05, 3.63) is 68.8 Å². The monoisotopic (exact) mass is 333 g/mol. The Morgan fingerprint density at radius 1 is 1.12 bits per heavy atom. The predicted octanol–water partition coefficient (Wildman–Crippen LogP) is 4.26. The first-order valence-electron chi connectivity index (χ1n) is 5.43. The molecule has 1 unspecified atom stereocenters. The molecule has 0 heterocycles. The van der Waals surface area contributed by atoms with Crippen molar-refractivity contribution in [3.63, 3.8) is 0 Å². The fourth-order valence-electron chi connectivity index (χ4n) is 1.92. The maximum Gasteiger partial charge on any atom is 0.0965 e. The van der Waals surface area contributed by atoms with Gasteiger partial charge in [-0.1, -0.05) is 36.4 Å². The Kier molecular flexibility index (Phi) is 3.80. The Morgan fingerprint density at radius 2 is 1.88 bits per heavy atom. The Morgan fingerprint density at radius 3 is 2.53 bits per heavy atom. The van der Waals surface area contributed by atoms with E-state index in [9.17, 15) is 5.26 Å². The lowest BCUT2D eigenvalue weighted by atomic mass is 9.90. The van der Waals surface area contributed by atoms with Gasteiger partial charge in [0.1, 0.15) is 0 Å². The summed E-state index contributed by atoms with van der Waals surface area (Å²) >= 11 is 2.27. The summed E-state index contributed by atoms with van der Waals surface area (Å²) in [5.74, 6) is -0.175. The number of hydrogen-bond acceptors (Lipinski definition) is 1.